The molecule has 3 heterocycles. The van der Waals surface area contributed by atoms with Crippen LogP contribution in [0.3, 0.4) is 0 Å². The second-order valence-electron chi connectivity index (χ2n) is 15.1. The Labute approximate surface area is 311 Å². The van der Waals surface area contributed by atoms with Gasteiger partial charge < -0.3 is 25.8 Å². The Morgan fingerprint density at radius 3 is 2.25 bits per heavy atom. The van der Waals surface area contributed by atoms with Crippen LogP contribution in [-0.2, 0) is 16.0 Å². The fourth-order valence-electron chi connectivity index (χ4n) is 8.08. The van der Waals surface area contributed by atoms with Crippen LogP contribution in [0.2, 0.25) is 0 Å². The number of carbonyl (C=O) groups excluding carboxylic acids is 2. The fraction of sp³-hybridized carbons (Fsp3) is 0.579. The van der Waals surface area contributed by atoms with Gasteiger partial charge in [0.2, 0.25) is 11.8 Å². The Hall–Kier alpha value is -3.17. The number of fused-ring (bicyclic) bond motifs is 2. The van der Waals surface area contributed by atoms with Gasteiger partial charge in [-0.1, -0.05) is 48.9 Å². The van der Waals surface area contributed by atoms with Crippen molar-refractivity contribution < 1.29 is 22.8 Å². The molecule has 4 unspecified atom stereocenters. The molecule has 2 amide bonds. The third kappa shape index (κ3) is 9.30. The van der Waals surface area contributed by atoms with Crippen molar-refractivity contribution in [1.82, 2.24) is 25.1 Å². The maximum absolute atomic E-state index is 14.2. The summed E-state index contributed by atoms with van der Waals surface area (Å²) in [6.45, 7) is 5.97. The molecular formula is C38H50F3N7O2S2. The first kappa shape index (κ1) is 38.6. The van der Waals surface area contributed by atoms with Gasteiger partial charge in [0.1, 0.15) is 16.9 Å². The minimum absolute atomic E-state index is 0.0401. The molecule has 52 heavy (non-hydrogen) atoms. The molecule has 1 spiro atoms. The number of thiazole rings is 2. The van der Waals surface area contributed by atoms with E-state index in [4.69, 9.17) is 0 Å². The number of benzene rings is 2. The zero-order valence-electron chi connectivity index (χ0n) is 30.5. The van der Waals surface area contributed by atoms with E-state index in [1.807, 2.05) is 27.1 Å². The van der Waals surface area contributed by atoms with Crippen molar-refractivity contribution in [1.29, 1.82) is 0 Å². The Balaban J connectivity index is 0.000000179. The molecule has 282 valence electrons. The Morgan fingerprint density at radius 1 is 0.904 bits per heavy atom. The highest BCUT2D eigenvalue weighted by atomic mass is 32.1. The van der Waals surface area contributed by atoms with Crippen molar-refractivity contribution in [2.45, 2.75) is 77.2 Å². The summed E-state index contributed by atoms with van der Waals surface area (Å²) in [6, 6.07) is 5.68. The van der Waals surface area contributed by atoms with Crippen LogP contribution in [0.15, 0.2) is 24.3 Å². The van der Waals surface area contributed by atoms with Gasteiger partial charge in [-0.25, -0.2) is 23.1 Å². The van der Waals surface area contributed by atoms with Gasteiger partial charge in [0.05, 0.1) is 15.3 Å². The van der Waals surface area contributed by atoms with Crippen LogP contribution >= 0.6 is 22.7 Å². The number of hydrogen-bond donors (Lipinski definition) is 3. The molecule has 2 aliphatic carbocycles. The molecular weight excluding hydrogens is 708 g/mol. The molecule has 3 N–H and O–H groups in total. The second-order valence-corrected chi connectivity index (χ2v) is 17.1. The summed E-state index contributed by atoms with van der Waals surface area (Å²) in [6.07, 6.45) is 10.1. The second kappa shape index (κ2) is 16.9. The predicted octanol–water partition coefficient (Wildman–Crippen LogP) is 7.67. The van der Waals surface area contributed by atoms with E-state index in [-0.39, 0.29) is 41.0 Å². The van der Waals surface area contributed by atoms with Gasteiger partial charge in [0, 0.05) is 37.7 Å². The molecule has 7 rings (SSSR count). The molecule has 0 radical (unpaired) electrons. The van der Waals surface area contributed by atoms with Crippen LogP contribution in [0, 0.1) is 34.7 Å². The molecule has 4 atom stereocenters. The molecule has 0 bridgehead atoms. The lowest BCUT2D eigenvalue weighted by Crippen LogP contribution is -2.46. The minimum Gasteiger partial charge on any atom is -0.312 e. The van der Waals surface area contributed by atoms with Gasteiger partial charge in [-0.05, 0) is 102 Å². The van der Waals surface area contributed by atoms with E-state index < -0.39 is 11.6 Å². The lowest BCUT2D eigenvalue weighted by Gasteiger charge is -2.37. The number of halogens is 3. The SMILES string of the molecule is CCc1cc(F)c2nc(NC(=O)C3CCCC4(CCN(C)C4)C3)sc2c1.CN(C)CCNC1CCCCC1C(=O)Nc1nc2c(F)cc(F)cc2s1. The van der Waals surface area contributed by atoms with E-state index >= 15 is 0 Å². The van der Waals surface area contributed by atoms with Crippen LogP contribution in [0.4, 0.5) is 23.4 Å². The van der Waals surface area contributed by atoms with Crippen LogP contribution < -0.4 is 16.0 Å². The van der Waals surface area contributed by atoms with Gasteiger partial charge >= 0.3 is 0 Å². The number of hydrogen-bond acceptors (Lipinski definition) is 9. The quantitative estimate of drug-likeness (QED) is 0.161. The number of likely N-dealkylation sites (N-methyl/N-ethyl adjacent to an activating group) is 1. The third-order valence-corrected chi connectivity index (χ3v) is 12.6. The first-order chi connectivity index (χ1) is 24.9. The standard InChI is InChI=1S/C20H26FN3OS.C18H24F2N4OS/c1-3-13-9-15(21)17-16(10-13)26-19(22-17)23-18(25)14-5-4-6-20(11-14)7-8-24(2)12-20;1-24(2)8-7-21-14-6-4-3-5-12(14)17(25)23-18-22-16-13(20)9-11(19)10-15(16)26-18/h9-10,14H,3-8,11-12H2,1-2H3,(H,22,23,25);9-10,12,14,21H,3-8H2,1-2H3,(H,22,23,25). The minimum atomic E-state index is -0.711. The number of amides is 2. The average molecular weight is 758 g/mol. The van der Waals surface area contributed by atoms with Gasteiger partial charge in [0.25, 0.3) is 0 Å². The zero-order chi connectivity index (χ0) is 37.0. The maximum Gasteiger partial charge on any atom is 0.230 e. The van der Waals surface area contributed by atoms with Gasteiger partial charge in [-0.15, -0.1) is 0 Å². The summed E-state index contributed by atoms with van der Waals surface area (Å²) in [5.74, 6) is -1.81. The topological polar surface area (TPSA) is 102 Å². The lowest BCUT2D eigenvalue weighted by atomic mass is 9.69. The normalized spacial score (nSPS) is 23.7. The molecule has 9 nitrogen and oxygen atoms in total. The molecule has 2 aromatic heterocycles. The smallest absolute Gasteiger partial charge is 0.230 e. The number of nitrogens with one attached hydrogen (secondary N) is 3. The molecule has 1 aliphatic heterocycles. The summed E-state index contributed by atoms with van der Waals surface area (Å²) in [7, 11) is 6.20. The molecule has 3 aliphatic rings. The van der Waals surface area contributed by atoms with E-state index in [0.29, 0.717) is 25.9 Å². The summed E-state index contributed by atoms with van der Waals surface area (Å²) in [5.41, 5.74) is 1.72. The molecule has 2 aromatic carbocycles. The van der Waals surface area contributed by atoms with Crippen molar-refractivity contribution in [2.75, 3.05) is 58.0 Å². The van der Waals surface area contributed by atoms with Crippen LogP contribution in [0.1, 0.15) is 70.3 Å². The molecule has 1 saturated heterocycles. The molecule has 2 saturated carbocycles. The van der Waals surface area contributed by atoms with Crippen molar-refractivity contribution in [3.8, 4) is 0 Å². The first-order valence-electron chi connectivity index (χ1n) is 18.4. The Bertz CT molecular complexity index is 1880. The van der Waals surface area contributed by atoms with Crippen molar-refractivity contribution >= 4 is 65.2 Å². The lowest BCUT2D eigenvalue weighted by molar-refractivity contribution is -0.122. The predicted molar refractivity (Wildman–Crippen MR) is 205 cm³/mol. The molecule has 3 fully saturated rings. The fourth-order valence-corrected chi connectivity index (χ4v) is 9.94. The number of rotatable bonds is 9. The Morgan fingerprint density at radius 2 is 1.58 bits per heavy atom. The largest absolute Gasteiger partial charge is 0.312 e. The highest BCUT2D eigenvalue weighted by Gasteiger charge is 2.42. The highest BCUT2D eigenvalue weighted by molar-refractivity contribution is 7.22. The number of nitrogens with zero attached hydrogens (tertiary/aromatic N) is 4. The maximum atomic E-state index is 14.2. The van der Waals surface area contributed by atoms with E-state index in [1.165, 1.54) is 36.3 Å². The van der Waals surface area contributed by atoms with Crippen molar-refractivity contribution in [3.63, 3.8) is 0 Å². The van der Waals surface area contributed by atoms with E-state index in [0.717, 1.165) is 105 Å². The molecule has 14 heteroatoms. The van der Waals surface area contributed by atoms with Crippen molar-refractivity contribution in [3.05, 3.63) is 47.3 Å². The van der Waals surface area contributed by atoms with Crippen LogP contribution in [0.5, 0.6) is 0 Å². The number of aryl methyl sites for hydroxylation is 1. The van der Waals surface area contributed by atoms with Gasteiger partial charge in [-0.2, -0.15) is 0 Å². The number of aromatic nitrogens is 2. The molecule has 4 aromatic rings. The van der Waals surface area contributed by atoms with Gasteiger partial charge in [-0.3, -0.25) is 9.59 Å². The summed E-state index contributed by atoms with van der Waals surface area (Å²) in [5, 5.41) is 10.1. The van der Waals surface area contributed by atoms with E-state index in [9.17, 15) is 22.8 Å². The highest BCUT2D eigenvalue weighted by Crippen LogP contribution is 2.46. The van der Waals surface area contributed by atoms with Crippen LogP contribution in [-0.4, -0.2) is 84.9 Å². The zero-order valence-corrected chi connectivity index (χ0v) is 32.1. The van der Waals surface area contributed by atoms with E-state index in [1.54, 1.807) is 0 Å². The summed E-state index contributed by atoms with van der Waals surface area (Å²) < 4.78 is 42.5. The monoisotopic (exact) mass is 757 g/mol. The number of carbonyl (C=O) groups is 2. The average Bonchev–Trinajstić information content (AvgIpc) is 3.81. The summed E-state index contributed by atoms with van der Waals surface area (Å²) >= 11 is 2.46. The number of likely N-dealkylation sites (tertiary alicyclic amines) is 1. The third-order valence-electron chi connectivity index (χ3n) is 10.8. The van der Waals surface area contributed by atoms with Crippen molar-refractivity contribution in [2.24, 2.45) is 17.3 Å². The first-order valence-corrected chi connectivity index (χ1v) is 20.1. The number of anilines is 2. The summed E-state index contributed by atoms with van der Waals surface area (Å²) in [4.78, 5) is 38.5. The van der Waals surface area contributed by atoms with E-state index in [2.05, 4.69) is 42.8 Å². The van der Waals surface area contributed by atoms with Gasteiger partial charge in [0.15, 0.2) is 21.9 Å². The van der Waals surface area contributed by atoms with Crippen LogP contribution in [0.25, 0.3) is 20.4 Å². The Kier molecular flexibility index (Phi) is 12.5.